The van der Waals surface area contributed by atoms with Crippen molar-refractivity contribution in [1.82, 2.24) is 9.88 Å². The standard InChI is InChI=1S/C21H25N5O2/c1-2-20(27)26-10-6-7-15(14-26)12-23-18-11-19(24-13-17(18)21(22)28)25-16-8-4-3-5-9-16/h2-5,8-9,11,13,15H,1,6-7,10,12,14H2,(H2,22,28)(H2,23,24,25). The van der Waals surface area contributed by atoms with Crippen LogP contribution in [0.25, 0.3) is 0 Å². The van der Waals surface area contributed by atoms with Gasteiger partial charge in [0.1, 0.15) is 5.82 Å². The summed E-state index contributed by atoms with van der Waals surface area (Å²) in [5.41, 5.74) is 7.38. The van der Waals surface area contributed by atoms with Crippen LogP contribution in [0.2, 0.25) is 0 Å². The second-order valence-corrected chi connectivity index (χ2v) is 6.85. The lowest BCUT2D eigenvalue weighted by Crippen LogP contribution is -2.41. The highest BCUT2D eigenvalue weighted by Crippen LogP contribution is 2.23. The van der Waals surface area contributed by atoms with Gasteiger partial charge in [0.15, 0.2) is 0 Å². The van der Waals surface area contributed by atoms with Crippen LogP contribution in [0, 0.1) is 5.92 Å². The van der Waals surface area contributed by atoms with E-state index >= 15 is 0 Å². The fourth-order valence-corrected chi connectivity index (χ4v) is 3.35. The predicted molar refractivity (Wildman–Crippen MR) is 110 cm³/mol. The number of hydrogen-bond acceptors (Lipinski definition) is 5. The Kier molecular flexibility index (Phi) is 6.26. The molecule has 4 N–H and O–H groups in total. The van der Waals surface area contributed by atoms with E-state index in [1.165, 1.54) is 12.3 Å². The van der Waals surface area contributed by atoms with Gasteiger partial charge in [-0.15, -0.1) is 0 Å². The Morgan fingerprint density at radius 2 is 2.11 bits per heavy atom. The maximum Gasteiger partial charge on any atom is 0.252 e. The third-order valence-electron chi connectivity index (χ3n) is 4.80. The molecule has 2 aromatic rings. The molecule has 3 rings (SSSR count). The summed E-state index contributed by atoms with van der Waals surface area (Å²) >= 11 is 0. The first-order valence-corrected chi connectivity index (χ1v) is 9.34. The number of para-hydroxylation sites is 1. The van der Waals surface area contributed by atoms with E-state index in [-0.39, 0.29) is 11.8 Å². The highest BCUT2D eigenvalue weighted by molar-refractivity contribution is 5.98. The number of carbonyl (C=O) groups is 2. The van der Waals surface area contributed by atoms with E-state index in [0.717, 1.165) is 25.1 Å². The van der Waals surface area contributed by atoms with Crippen LogP contribution in [-0.2, 0) is 4.79 Å². The zero-order chi connectivity index (χ0) is 19.9. The second kappa shape index (κ2) is 9.03. The van der Waals surface area contributed by atoms with Crippen molar-refractivity contribution in [3.05, 3.63) is 60.8 Å². The zero-order valence-electron chi connectivity index (χ0n) is 15.7. The Bertz CT molecular complexity index is 853. The van der Waals surface area contributed by atoms with Crippen molar-refractivity contribution < 1.29 is 9.59 Å². The number of benzene rings is 1. The van der Waals surface area contributed by atoms with Gasteiger partial charge < -0.3 is 21.3 Å². The van der Waals surface area contributed by atoms with Crippen molar-refractivity contribution in [2.45, 2.75) is 12.8 Å². The lowest BCUT2D eigenvalue weighted by atomic mass is 9.97. The summed E-state index contributed by atoms with van der Waals surface area (Å²) in [4.78, 5) is 29.7. The summed E-state index contributed by atoms with van der Waals surface area (Å²) in [7, 11) is 0. The Balaban J connectivity index is 1.70. The molecule has 1 unspecified atom stereocenters. The molecule has 146 valence electrons. The molecule has 1 fully saturated rings. The Morgan fingerprint density at radius 3 is 2.82 bits per heavy atom. The first kappa shape index (κ1) is 19.4. The molecule has 0 radical (unpaired) electrons. The summed E-state index contributed by atoms with van der Waals surface area (Å²) in [6.07, 6.45) is 4.79. The summed E-state index contributed by atoms with van der Waals surface area (Å²) in [5.74, 6) is 0.331. The van der Waals surface area contributed by atoms with E-state index in [0.29, 0.717) is 30.2 Å². The average molecular weight is 379 g/mol. The monoisotopic (exact) mass is 379 g/mol. The number of carbonyl (C=O) groups excluding carboxylic acids is 2. The second-order valence-electron chi connectivity index (χ2n) is 6.85. The van der Waals surface area contributed by atoms with Gasteiger partial charge in [-0.05, 0) is 37.0 Å². The van der Waals surface area contributed by atoms with Gasteiger partial charge >= 0.3 is 0 Å². The molecule has 1 saturated heterocycles. The van der Waals surface area contributed by atoms with E-state index in [1.54, 1.807) is 6.07 Å². The van der Waals surface area contributed by atoms with Gasteiger partial charge in [-0.25, -0.2) is 4.98 Å². The molecule has 7 nitrogen and oxygen atoms in total. The number of nitrogens with zero attached hydrogens (tertiary/aromatic N) is 2. The minimum Gasteiger partial charge on any atom is -0.384 e. The number of aromatic nitrogens is 1. The molecular weight excluding hydrogens is 354 g/mol. The van der Waals surface area contributed by atoms with E-state index in [4.69, 9.17) is 5.73 Å². The summed E-state index contributed by atoms with van der Waals surface area (Å²) in [6.45, 7) is 5.62. The van der Waals surface area contributed by atoms with Gasteiger partial charge in [-0.1, -0.05) is 24.8 Å². The number of amides is 2. The average Bonchev–Trinajstić information content (AvgIpc) is 2.72. The van der Waals surface area contributed by atoms with Crippen LogP contribution in [0.5, 0.6) is 0 Å². The number of hydrogen-bond donors (Lipinski definition) is 3. The normalized spacial score (nSPS) is 16.3. The maximum atomic E-state index is 11.9. The molecule has 0 saturated carbocycles. The molecule has 2 heterocycles. The molecule has 28 heavy (non-hydrogen) atoms. The van der Waals surface area contributed by atoms with Crippen LogP contribution in [0.3, 0.4) is 0 Å². The summed E-state index contributed by atoms with van der Waals surface area (Å²) in [6, 6.07) is 11.4. The van der Waals surface area contributed by atoms with E-state index in [2.05, 4.69) is 22.2 Å². The molecule has 2 amide bonds. The van der Waals surface area contributed by atoms with Crippen LogP contribution in [0.1, 0.15) is 23.2 Å². The Labute approximate surface area is 164 Å². The van der Waals surface area contributed by atoms with Crippen LogP contribution < -0.4 is 16.4 Å². The third-order valence-corrected chi connectivity index (χ3v) is 4.80. The van der Waals surface area contributed by atoms with Crippen LogP contribution in [0.4, 0.5) is 17.2 Å². The van der Waals surface area contributed by atoms with Gasteiger partial charge in [0.2, 0.25) is 5.91 Å². The highest BCUT2D eigenvalue weighted by atomic mass is 16.2. The lowest BCUT2D eigenvalue weighted by molar-refractivity contribution is -0.127. The molecule has 0 bridgehead atoms. The zero-order valence-corrected chi connectivity index (χ0v) is 15.7. The maximum absolute atomic E-state index is 11.9. The van der Waals surface area contributed by atoms with Gasteiger partial charge in [0.05, 0.1) is 11.3 Å². The van der Waals surface area contributed by atoms with Crippen molar-refractivity contribution >= 4 is 29.0 Å². The molecule has 0 aliphatic carbocycles. The van der Waals surface area contributed by atoms with Gasteiger partial charge in [-0.2, -0.15) is 0 Å². The molecule has 7 heteroatoms. The summed E-state index contributed by atoms with van der Waals surface area (Å²) < 4.78 is 0. The quantitative estimate of drug-likeness (QED) is 0.642. The van der Waals surface area contributed by atoms with Crippen molar-refractivity contribution in [1.29, 1.82) is 0 Å². The molecule has 1 aromatic heterocycles. The summed E-state index contributed by atoms with van der Waals surface area (Å²) in [5, 5.41) is 6.53. The Morgan fingerprint density at radius 1 is 1.32 bits per heavy atom. The number of rotatable bonds is 7. The first-order chi connectivity index (χ1) is 13.6. The van der Waals surface area contributed by atoms with E-state index in [9.17, 15) is 9.59 Å². The van der Waals surface area contributed by atoms with Crippen molar-refractivity contribution in [2.75, 3.05) is 30.3 Å². The number of anilines is 3. The number of nitrogens with one attached hydrogen (secondary N) is 2. The van der Waals surface area contributed by atoms with Crippen molar-refractivity contribution in [3.8, 4) is 0 Å². The van der Waals surface area contributed by atoms with Gasteiger partial charge in [0.25, 0.3) is 5.91 Å². The lowest BCUT2D eigenvalue weighted by Gasteiger charge is -2.32. The molecular formula is C21H25N5O2. The van der Waals surface area contributed by atoms with Crippen molar-refractivity contribution in [2.24, 2.45) is 11.7 Å². The smallest absolute Gasteiger partial charge is 0.252 e. The van der Waals surface area contributed by atoms with E-state index in [1.807, 2.05) is 35.2 Å². The minimum atomic E-state index is -0.534. The number of nitrogens with two attached hydrogens (primary N) is 1. The predicted octanol–water partition coefficient (Wildman–Crippen LogP) is 2.76. The molecule has 1 atom stereocenters. The topological polar surface area (TPSA) is 100 Å². The van der Waals surface area contributed by atoms with Gasteiger partial charge in [0, 0.05) is 37.6 Å². The van der Waals surface area contributed by atoms with Crippen LogP contribution in [0.15, 0.2) is 55.3 Å². The van der Waals surface area contributed by atoms with E-state index < -0.39 is 5.91 Å². The van der Waals surface area contributed by atoms with Crippen molar-refractivity contribution in [3.63, 3.8) is 0 Å². The largest absolute Gasteiger partial charge is 0.384 e. The minimum absolute atomic E-state index is 0.0409. The third kappa shape index (κ3) is 4.88. The number of primary amides is 1. The Hall–Kier alpha value is -3.35. The SMILES string of the molecule is C=CC(=O)N1CCCC(CNc2cc(Nc3ccccc3)ncc2C(N)=O)C1. The molecule has 1 aliphatic rings. The number of piperidine rings is 1. The number of likely N-dealkylation sites (tertiary alicyclic amines) is 1. The number of pyridine rings is 1. The molecule has 1 aromatic carbocycles. The fourth-order valence-electron chi connectivity index (χ4n) is 3.35. The highest BCUT2D eigenvalue weighted by Gasteiger charge is 2.22. The van der Waals surface area contributed by atoms with Crippen LogP contribution >= 0.6 is 0 Å². The molecule has 1 aliphatic heterocycles. The fraction of sp³-hybridized carbons (Fsp3) is 0.286. The molecule has 0 spiro atoms. The van der Waals surface area contributed by atoms with Crippen LogP contribution in [-0.4, -0.2) is 41.3 Å². The first-order valence-electron chi connectivity index (χ1n) is 9.34. The van der Waals surface area contributed by atoms with Gasteiger partial charge in [-0.3, -0.25) is 9.59 Å².